The molecule has 0 bridgehead atoms. The molecule has 3 aromatic heterocycles. The summed E-state index contributed by atoms with van der Waals surface area (Å²) >= 11 is 1.25. The average molecular weight is 379 g/mol. The third-order valence-corrected chi connectivity index (χ3v) is 6.42. The van der Waals surface area contributed by atoms with Gasteiger partial charge in [-0.05, 0) is 19.4 Å². The van der Waals surface area contributed by atoms with Gasteiger partial charge in [0.15, 0.2) is 0 Å². The van der Waals surface area contributed by atoms with E-state index in [1.807, 2.05) is 13.8 Å². The molecule has 0 aliphatic carbocycles. The zero-order chi connectivity index (χ0) is 18.4. The predicted molar refractivity (Wildman–Crippen MR) is 94.2 cm³/mol. The summed E-state index contributed by atoms with van der Waals surface area (Å²) in [5.74, 6) is -0.266. The zero-order valence-corrected chi connectivity index (χ0v) is 15.8. The fourth-order valence-corrected chi connectivity index (χ4v) is 4.90. The fraction of sp³-hybridized carbons (Fsp3) is 0.333. The van der Waals surface area contributed by atoms with E-state index in [0.29, 0.717) is 16.3 Å². The van der Waals surface area contributed by atoms with Crippen LogP contribution in [0.15, 0.2) is 27.7 Å². The van der Waals surface area contributed by atoms with E-state index < -0.39 is 9.84 Å². The van der Waals surface area contributed by atoms with Gasteiger partial charge in [0.25, 0.3) is 5.56 Å². The van der Waals surface area contributed by atoms with E-state index in [4.69, 9.17) is 0 Å². The minimum Gasteiger partial charge on any atom is -0.325 e. The van der Waals surface area contributed by atoms with Crippen LogP contribution in [0.2, 0.25) is 0 Å². The molecule has 0 aliphatic rings. The van der Waals surface area contributed by atoms with Crippen LogP contribution in [0.3, 0.4) is 0 Å². The molecule has 0 aromatic carbocycles. The highest BCUT2D eigenvalue weighted by molar-refractivity contribution is 7.90. The molecule has 0 atom stereocenters. The zero-order valence-electron chi connectivity index (χ0n) is 14.2. The highest BCUT2D eigenvalue weighted by atomic mass is 32.2. The first-order chi connectivity index (χ1) is 11.7. The van der Waals surface area contributed by atoms with Crippen molar-refractivity contribution in [3.05, 3.63) is 45.1 Å². The van der Waals surface area contributed by atoms with Crippen molar-refractivity contribution in [2.24, 2.45) is 14.1 Å². The van der Waals surface area contributed by atoms with Crippen LogP contribution in [-0.2, 0) is 29.7 Å². The Balaban J connectivity index is 2.00. The smallest absolute Gasteiger partial charge is 0.277 e. The van der Waals surface area contributed by atoms with Crippen LogP contribution in [0.5, 0.6) is 0 Å². The molecule has 0 aliphatic heterocycles. The van der Waals surface area contributed by atoms with E-state index in [1.54, 1.807) is 25.7 Å². The van der Waals surface area contributed by atoms with E-state index in [0.717, 1.165) is 11.3 Å². The summed E-state index contributed by atoms with van der Waals surface area (Å²) in [5, 5.41) is 6.29. The lowest BCUT2D eigenvalue weighted by molar-refractivity contribution is 0.578. The van der Waals surface area contributed by atoms with Crippen molar-refractivity contribution in [1.29, 1.82) is 0 Å². The molecule has 25 heavy (non-hydrogen) atoms. The van der Waals surface area contributed by atoms with Crippen molar-refractivity contribution < 1.29 is 8.42 Å². The molecule has 0 radical (unpaired) electrons. The number of nitrogens with zero attached hydrogens (tertiary/aromatic N) is 5. The molecule has 0 amide bonds. The highest BCUT2D eigenvalue weighted by Gasteiger charge is 2.23. The number of thiazole rings is 1. The number of aromatic nitrogens is 5. The molecular formula is C15H17N5O3S2. The second-order valence-electron chi connectivity index (χ2n) is 5.74. The van der Waals surface area contributed by atoms with Crippen molar-refractivity contribution in [2.75, 3.05) is 0 Å². The molecule has 0 saturated carbocycles. The summed E-state index contributed by atoms with van der Waals surface area (Å²) in [7, 11) is -0.400. The number of hydrogen-bond donors (Lipinski definition) is 0. The van der Waals surface area contributed by atoms with Crippen molar-refractivity contribution >= 4 is 21.2 Å². The second kappa shape index (κ2) is 6.19. The lowest BCUT2D eigenvalue weighted by atomic mass is 10.1. The first-order valence-electron chi connectivity index (χ1n) is 7.40. The first kappa shape index (κ1) is 17.5. The minimum atomic E-state index is -3.61. The van der Waals surface area contributed by atoms with Crippen LogP contribution in [-0.4, -0.2) is 32.7 Å². The van der Waals surface area contributed by atoms with Gasteiger partial charge in [0.2, 0.25) is 15.0 Å². The van der Waals surface area contributed by atoms with Crippen LogP contribution in [0.25, 0.3) is 10.6 Å². The first-order valence-corrected chi connectivity index (χ1v) is 9.93. The maximum absolute atomic E-state index is 12.5. The van der Waals surface area contributed by atoms with Crippen LogP contribution in [0, 0.1) is 13.8 Å². The Hall–Kier alpha value is -2.33. The molecule has 0 unspecified atom stereocenters. The maximum Gasteiger partial charge on any atom is 0.277 e. The third-order valence-electron chi connectivity index (χ3n) is 3.88. The van der Waals surface area contributed by atoms with E-state index in [1.165, 1.54) is 26.8 Å². The van der Waals surface area contributed by atoms with Gasteiger partial charge in [-0.1, -0.05) is 0 Å². The quantitative estimate of drug-likeness (QED) is 0.676. The SMILES string of the molecule is Cc1nn(C)c(=O)c(-c2nc(CS(=O)(=O)c3nccn3C)cs2)c1C. The molecule has 3 rings (SSSR count). The largest absolute Gasteiger partial charge is 0.325 e. The standard InChI is InChI=1S/C15H17N5O3S2/c1-9-10(2)18-20(4)14(21)12(9)13-17-11(7-24-13)8-25(22,23)15-16-5-6-19(15)3/h5-7H,8H2,1-4H3. The average Bonchev–Trinajstić information content (AvgIpc) is 3.15. The monoisotopic (exact) mass is 379 g/mol. The lowest BCUT2D eigenvalue weighted by Crippen LogP contribution is -2.23. The Morgan fingerprint density at radius 1 is 1.24 bits per heavy atom. The number of hydrogen-bond acceptors (Lipinski definition) is 7. The summed E-state index contributed by atoms with van der Waals surface area (Å²) in [6.45, 7) is 3.63. The van der Waals surface area contributed by atoms with Gasteiger partial charge >= 0.3 is 0 Å². The van der Waals surface area contributed by atoms with Gasteiger partial charge in [-0.3, -0.25) is 4.79 Å². The highest BCUT2D eigenvalue weighted by Crippen LogP contribution is 2.26. The van der Waals surface area contributed by atoms with Gasteiger partial charge in [-0.25, -0.2) is 23.1 Å². The molecule has 3 heterocycles. The number of aryl methyl sites for hydroxylation is 3. The fourth-order valence-electron chi connectivity index (χ4n) is 2.50. The number of rotatable bonds is 4. The molecule has 10 heteroatoms. The van der Waals surface area contributed by atoms with Gasteiger partial charge in [0.1, 0.15) is 10.8 Å². The van der Waals surface area contributed by atoms with E-state index in [2.05, 4.69) is 15.1 Å². The van der Waals surface area contributed by atoms with Crippen LogP contribution >= 0.6 is 11.3 Å². The lowest BCUT2D eigenvalue weighted by Gasteiger charge is -2.07. The van der Waals surface area contributed by atoms with Gasteiger partial charge < -0.3 is 4.57 Å². The minimum absolute atomic E-state index is 0.00565. The Morgan fingerprint density at radius 3 is 2.60 bits per heavy atom. The number of sulfone groups is 1. The van der Waals surface area contributed by atoms with Crippen molar-refractivity contribution in [2.45, 2.75) is 24.8 Å². The Bertz CT molecular complexity index is 1110. The van der Waals surface area contributed by atoms with Crippen molar-refractivity contribution in [3.8, 4) is 10.6 Å². The molecule has 0 spiro atoms. The summed E-state index contributed by atoms with van der Waals surface area (Å²) in [5.41, 5.74) is 2.07. The normalized spacial score (nSPS) is 11.8. The molecule has 3 aromatic rings. The predicted octanol–water partition coefficient (Wildman–Crippen LogP) is 1.23. The van der Waals surface area contributed by atoms with Crippen molar-refractivity contribution in [3.63, 3.8) is 0 Å². The molecule has 132 valence electrons. The van der Waals surface area contributed by atoms with Crippen LogP contribution in [0.1, 0.15) is 17.0 Å². The summed E-state index contributed by atoms with van der Waals surface area (Å²) in [4.78, 5) is 20.7. The topological polar surface area (TPSA) is 99.7 Å². The number of imidazole rings is 1. The van der Waals surface area contributed by atoms with Gasteiger partial charge in [-0.15, -0.1) is 11.3 Å². The van der Waals surface area contributed by atoms with E-state index in [-0.39, 0.29) is 16.5 Å². The van der Waals surface area contributed by atoms with E-state index >= 15 is 0 Å². The van der Waals surface area contributed by atoms with Crippen LogP contribution in [0.4, 0.5) is 0 Å². The molecule has 8 nitrogen and oxygen atoms in total. The summed E-state index contributed by atoms with van der Waals surface area (Å²) in [6, 6.07) is 0. The Morgan fingerprint density at radius 2 is 1.96 bits per heavy atom. The van der Waals surface area contributed by atoms with Crippen LogP contribution < -0.4 is 5.56 Å². The Kier molecular flexibility index (Phi) is 4.33. The molecule has 0 saturated heterocycles. The second-order valence-corrected chi connectivity index (χ2v) is 8.48. The van der Waals surface area contributed by atoms with Gasteiger partial charge in [-0.2, -0.15) is 5.10 Å². The third kappa shape index (κ3) is 3.14. The van der Waals surface area contributed by atoms with Gasteiger partial charge in [0.05, 0.1) is 17.0 Å². The molecule has 0 fully saturated rings. The van der Waals surface area contributed by atoms with Gasteiger partial charge in [0, 0.05) is 31.9 Å². The maximum atomic E-state index is 12.5. The molecule has 0 N–H and O–H groups in total. The summed E-state index contributed by atoms with van der Waals surface area (Å²) < 4.78 is 27.7. The summed E-state index contributed by atoms with van der Waals surface area (Å²) in [6.07, 6.45) is 3.01. The molecular weight excluding hydrogens is 362 g/mol. The van der Waals surface area contributed by atoms with E-state index in [9.17, 15) is 13.2 Å². The Labute approximate surface area is 148 Å². The van der Waals surface area contributed by atoms with Crippen molar-refractivity contribution in [1.82, 2.24) is 24.3 Å².